The van der Waals surface area contributed by atoms with Crippen LogP contribution in [-0.4, -0.2) is 29.9 Å². The molecule has 1 aromatic carbocycles. The summed E-state index contributed by atoms with van der Waals surface area (Å²) in [5.41, 5.74) is 2.36. The third-order valence-electron chi connectivity index (χ3n) is 4.29. The van der Waals surface area contributed by atoms with Gasteiger partial charge in [0.05, 0.1) is 24.0 Å². The zero-order valence-corrected chi connectivity index (χ0v) is 14.9. The van der Waals surface area contributed by atoms with Crippen molar-refractivity contribution in [3.05, 3.63) is 76.9 Å². The van der Waals surface area contributed by atoms with Gasteiger partial charge in [-0.2, -0.15) is 0 Å². The van der Waals surface area contributed by atoms with E-state index in [1.807, 2.05) is 30.3 Å². The Labute approximate surface area is 152 Å². The quantitative estimate of drug-likeness (QED) is 0.589. The number of carbonyl (C=O) groups excluding carboxylic acids is 2. The topological polar surface area (TPSA) is 59.8 Å². The second-order valence-corrected chi connectivity index (χ2v) is 5.95. The summed E-state index contributed by atoms with van der Waals surface area (Å²) in [5, 5.41) is 0. The molecule has 5 heteroatoms. The maximum Gasteiger partial charge on any atom is 0.340 e. The van der Waals surface area contributed by atoms with E-state index < -0.39 is 5.97 Å². The van der Waals surface area contributed by atoms with E-state index in [-0.39, 0.29) is 12.5 Å². The second kappa shape index (κ2) is 7.87. The highest BCUT2D eigenvalue weighted by Crippen LogP contribution is 2.31. The molecule has 0 N–H and O–H groups in total. The van der Waals surface area contributed by atoms with Crippen molar-refractivity contribution in [2.24, 2.45) is 0 Å². The lowest BCUT2D eigenvalue weighted by Gasteiger charge is -2.17. The fourth-order valence-corrected chi connectivity index (χ4v) is 3.00. The molecule has 0 unspecified atom stereocenters. The molecule has 0 saturated heterocycles. The van der Waals surface area contributed by atoms with E-state index in [4.69, 9.17) is 9.15 Å². The normalized spacial score (nSPS) is 15.8. The summed E-state index contributed by atoms with van der Waals surface area (Å²) in [4.78, 5) is 27.0. The fraction of sp³-hybridized carbons (Fsp3) is 0.238. The molecule has 0 fully saturated rings. The molecule has 0 spiro atoms. The Morgan fingerprint density at radius 3 is 2.62 bits per heavy atom. The molecule has 1 aliphatic heterocycles. The summed E-state index contributed by atoms with van der Waals surface area (Å²) in [6, 6.07) is 13.4. The van der Waals surface area contributed by atoms with E-state index in [0.717, 1.165) is 5.56 Å². The van der Waals surface area contributed by atoms with E-state index in [9.17, 15) is 9.59 Å². The summed E-state index contributed by atoms with van der Waals surface area (Å²) in [6.07, 6.45) is 3.83. The number of amides is 1. The smallest absolute Gasteiger partial charge is 0.340 e. The summed E-state index contributed by atoms with van der Waals surface area (Å²) >= 11 is 0. The van der Waals surface area contributed by atoms with Crippen LogP contribution in [0.1, 0.15) is 25.2 Å². The highest BCUT2D eigenvalue weighted by Gasteiger charge is 2.37. The largest absolute Gasteiger partial charge is 0.465 e. The van der Waals surface area contributed by atoms with Crippen LogP contribution in [0.15, 0.2) is 70.0 Å². The van der Waals surface area contributed by atoms with E-state index in [2.05, 4.69) is 0 Å². The molecule has 1 aromatic heterocycles. The number of nitrogens with zero attached hydrogens (tertiary/aromatic N) is 1. The highest BCUT2D eigenvalue weighted by molar-refractivity contribution is 6.16. The van der Waals surface area contributed by atoms with Gasteiger partial charge >= 0.3 is 5.97 Å². The Bertz CT molecular complexity index is 847. The van der Waals surface area contributed by atoms with E-state index >= 15 is 0 Å². The number of rotatable bonds is 6. The average molecular weight is 351 g/mol. The average Bonchev–Trinajstić information content (AvgIpc) is 3.22. The number of benzene rings is 1. The molecule has 0 saturated carbocycles. The molecule has 1 aliphatic rings. The minimum Gasteiger partial charge on any atom is -0.465 e. The lowest BCUT2D eigenvalue weighted by molar-refractivity contribution is -0.138. The van der Waals surface area contributed by atoms with Crippen LogP contribution in [0.5, 0.6) is 0 Å². The van der Waals surface area contributed by atoms with Crippen molar-refractivity contribution in [3.8, 4) is 0 Å². The van der Waals surface area contributed by atoms with Gasteiger partial charge in [0.1, 0.15) is 5.76 Å². The predicted octanol–water partition coefficient (Wildman–Crippen LogP) is 3.59. The van der Waals surface area contributed by atoms with Crippen LogP contribution in [0.2, 0.25) is 0 Å². The van der Waals surface area contributed by atoms with E-state index in [0.29, 0.717) is 35.6 Å². The maximum atomic E-state index is 12.9. The van der Waals surface area contributed by atoms with Crippen LogP contribution >= 0.6 is 0 Å². The summed E-state index contributed by atoms with van der Waals surface area (Å²) in [7, 11) is 0. The van der Waals surface area contributed by atoms with Gasteiger partial charge in [0.15, 0.2) is 0 Å². The highest BCUT2D eigenvalue weighted by atomic mass is 16.5. The molecule has 2 heterocycles. The monoisotopic (exact) mass is 351 g/mol. The summed E-state index contributed by atoms with van der Waals surface area (Å²) < 4.78 is 10.5. The Morgan fingerprint density at radius 2 is 1.96 bits per heavy atom. The first-order valence-electron chi connectivity index (χ1n) is 8.61. The second-order valence-electron chi connectivity index (χ2n) is 5.95. The number of hydrogen-bond acceptors (Lipinski definition) is 4. The van der Waals surface area contributed by atoms with Gasteiger partial charge in [0.25, 0.3) is 5.91 Å². The van der Waals surface area contributed by atoms with Crippen LogP contribution in [0.25, 0.3) is 6.08 Å². The van der Waals surface area contributed by atoms with Gasteiger partial charge in [-0.25, -0.2) is 4.79 Å². The van der Waals surface area contributed by atoms with Crippen LogP contribution < -0.4 is 0 Å². The molecule has 26 heavy (non-hydrogen) atoms. The first-order chi connectivity index (χ1) is 12.6. The van der Waals surface area contributed by atoms with Gasteiger partial charge in [-0.15, -0.1) is 0 Å². The minimum absolute atomic E-state index is 0.210. The van der Waals surface area contributed by atoms with Crippen molar-refractivity contribution >= 4 is 18.0 Å². The Balaban J connectivity index is 1.90. The van der Waals surface area contributed by atoms with Crippen molar-refractivity contribution in [1.29, 1.82) is 0 Å². The molecule has 134 valence electrons. The van der Waals surface area contributed by atoms with Crippen molar-refractivity contribution in [2.45, 2.75) is 20.3 Å². The summed E-state index contributed by atoms with van der Waals surface area (Å²) in [5.74, 6) is -0.177. The molecular weight excluding hydrogens is 330 g/mol. The zero-order valence-electron chi connectivity index (χ0n) is 14.9. The number of hydrogen-bond donors (Lipinski definition) is 0. The Hall–Kier alpha value is -3.08. The van der Waals surface area contributed by atoms with Crippen LogP contribution in [-0.2, 0) is 20.7 Å². The van der Waals surface area contributed by atoms with Crippen molar-refractivity contribution < 1.29 is 18.7 Å². The Morgan fingerprint density at radius 1 is 1.19 bits per heavy atom. The molecule has 0 atom stereocenters. The molecule has 5 nitrogen and oxygen atoms in total. The minimum atomic E-state index is -0.488. The SMILES string of the molecule is CCOC(=O)C1=C(C)N(CCc2ccccc2)C(=O)/C1=C\c1ccco1. The molecular formula is C21H21NO4. The molecule has 3 rings (SSSR count). The lowest BCUT2D eigenvalue weighted by atomic mass is 10.1. The number of allylic oxidation sites excluding steroid dienone is 1. The molecule has 0 aliphatic carbocycles. The van der Waals surface area contributed by atoms with Crippen molar-refractivity contribution in [1.82, 2.24) is 4.90 Å². The maximum absolute atomic E-state index is 12.9. The van der Waals surface area contributed by atoms with E-state index in [1.54, 1.807) is 37.0 Å². The van der Waals surface area contributed by atoms with Crippen molar-refractivity contribution in [2.75, 3.05) is 13.2 Å². The third kappa shape index (κ3) is 3.61. The lowest BCUT2D eigenvalue weighted by Crippen LogP contribution is -2.27. The zero-order chi connectivity index (χ0) is 18.5. The first kappa shape index (κ1) is 17.7. The number of esters is 1. The Kier molecular flexibility index (Phi) is 5.37. The van der Waals surface area contributed by atoms with Gasteiger partial charge < -0.3 is 14.1 Å². The standard InChI is InChI=1S/C21H21NO4/c1-3-25-21(24)19-15(2)22(12-11-16-8-5-4-6-9-16)20(23)18(19)14-17-10-7-13-26-17/h4-10,13-14H,3,11-12H2,1-2H3/b18-14-. The third-order valence-corrected chi connectivity index (χ3v) is 4.29. The molecule has 1 amide bonds. The summed E-state index contributed by atoms with van der Waals surface area (Å²) in [6.45, 7) is 4.26. The molecule has 0 radical (unpaired) electrons. The van der Waals surface area contributed by atoms with E-state index in [1.165, 1.54) is 6.26 Å². The predicted molar refractivity (Wildman–Crippen MR) is 97.9 cm³/mol. The van der Waals surface area contributed by atoms with Gasteiger partial charge in [0, 0.05) is 12.2 Å². The van der Waals surface area contributed by atoms with Crippen molar-refractivity contribution in [3.63, 3.8) is 0 Å². The van der Waals surface area contributed by atoms with Crippen LogP contribution in [0.4, 0.5) is 0 Å². The van der Waals surface area contributed by atoms with Crippen LogP contribution in [0.3, 0.4) is 0 Å². The molecule has 0 bridgehead atoms. The fourth-order valence-electron chi connectivity index (χ4n) is 3.00. The van der Waals surface area contributed by atoms with Gasteiger partial charge in [-0.1, -0.05) is 30.3 Å². The van der Waals surface area contributed by atoms with Crippen LogP contribution in [0, 0.1) is 0 Å². The molecule has 2 aromatic rings. The number of ether oxygens (including phenoxy) is 1. The number of carbonyl (C=O) groups is 2. The number of furan rings is 1. The van der Waals surface area contributed by atoms with Gasteiger partial charge in [0.2, 0.25) is 0 Å². The van der Waals surface area contributed by atoms with Gasteiger partial charge in [-0.05, 0) is 44.0 Å². The van der Waals surface area contributed by atoms with Gasteiger partial charge in [-0.3, -0.25) is 4.79 Å². The first-order valence-corrected chi connectivity index (χ1v) is 8.61.